The number of ketones is 1. The number of nitrogens with one attached hydrogen (secondary N) is 1. The van der Waals surface area contributed by atoms with Crippen LogP contribution in [-0.4, -0.2) is 36.4 Å². The minimum Gasteiger partial charge on any atom is -0.466 e. The molecule has 0 aromatic heterocycles. The quantitative estimate of drug-likeness (QED) is 0.169. The number of para-hydroxylation sites is 1. The van der Waals surface area contributed by atoms with Crippen LogP contribution in [0.5, 0.6) is 0 Å². The van der Waals surface area contributed by atoms with E-state index in [0.717, 1.165) is 13.2 Å². The van der Waals surface area contributed by atoms with Crippen molar-refractivity contribution in [2.75, 3.05) is 13.7 Å². The molecule has 0 heterocycles. The summed E-state index contributed by atoms with van der Waals surface area (Å²) in [6.45, 7) is 2.78. The number of carbonyl (C=O) groups excluding carboxylic acids is 3. The average molecular weight is 365 g/mol. The molecule has 0 aliphatic carbocycles. The highest BCUT2D eigenvalue weighted by Gasteiger charge is 2.39. The number of methoxy groups -OCH3 is 1. The molecular weight excluding hydrogens is 346 g/mol. The van der Waals surface area contributed by atoms with Crippen molar-refractivity contribution in [3.8, 4) is 0 Å². The van der Waals surface area contributed by atoms with Gasteiger partial charge in [0, 0.05) is 17.3 Å². The fraction of sp³-hybridized carbons (Fsp3) is 0.312. The standard InChI is InChI=1S/C16H19N3O7/c1-4-26-16(22)14(20)13(12(9(2)18-17)15(21)25-3)10-7-5-6-8-11(10)19(23)24/h5-8,13,18H,4,17H2,1-3H3/b12-9+. The molecule has 1 aromatic carbocycles. The van der Waals surface area contributed by atoms with Crippen LogP contribution in [0, 0.1) is 10.1 Å². The maximum atomic E-state index is 12.7. The predicted octanol–water partition coefficient (Wildman–Crippen LogP) is 0.721. The summed E-state index contributed by atoms with van der Waals surface area (Å²) < 4.78 is 9.36. The van der Waals surface area contributed by atoms with E-state index in [1.807, 2.05) is 0 Å². The van der Waals surface area contributed by atoms with Gasteiger partial charge in [-0.05, 0) is 13.8 Å². The summed E-state index contributed by atoms with van der Waals surface area (Å²) in [6.07, 6.45) is 0. The molecule has 10 nitrogen and oxygen atoms in total. The lowest BCUT2D eigenvalue weighted by Gasteiger charge is -2.19. The zero-order valence-electron chi connectivity index (χ0n) is 14.5. The molecule has 1 unspecified atom stereocenters. The van der Waals surface area contributed by atoms with Crippen LogP contribution in [-0.2, 0) is 23.9 Å². The van der Waals surface area contributed by atoms with Crippen LogP contribution in [0.3, 0.4) is 0 Å². The van der Waals surface area contributed by atoms with Crippen molar-refractivity contribution in [1.82, 2.24) is 5.43 Å². The minimum absolute atomic E-state index is 0.0117. The molecule has 0 aliphatic rings. The number of esters is 2. The molecule has 0 spiro atoms. The third-order valence-electron chi connectivity index (χ3n) is 3.50. The van der Waals surface area contributed by atoms with Gasteiger partial charge in [0.25, 0.3) is 11.5 Å². The predicted molar refractivity (Wildman–Crippen MR) is 89.5 cm³/mol. The number of nitro groups is 1. The van der Waals surface area contributed by atoms with Gasteiger partial charge in [0.05, 0.1) is 30.1 Å². The van der Waals surface area contributed by atoms with E-state index in [-0.39, 0.29) is 23.4 Å². The Bertz CT molecular complexity index is 758. The van der Waals surface area contributed by atoms with E-state index in [9.17, 15) is 24.5 Å². The SMILES string of the molecule is CCOC(=O)C(=O)C(/C(C(=O)OC)=C(/C)NN)c1ccccc1[N+](=O)[O-]. The molecule has 1 aromatic rings. The summed E-state index contributed by atoms with van der Waals surface area (Å²) in [7, 11) is 1.07. The van der Waals surface area contributed by atoms with E-state index in [4.69, 9.17) is 10.6 Å². The highest BCUT2D eigenvalue weighted by Crippen LogP contribution is 2.34. The van der Waals surface area contributed by atoms with E-state index < -0.39 is 34.3 Å². The Morgan fingerprint density at radius 3 is 2.38 bits per heavy atom. The first-order chi connectivity index (χ1) is 12.3. The number of rotatable bonds is 8. The number of benzene rings is 1. The van der Waals surface area contributed by atoms with Crippen LogP contribution < -0.4 is 11.3 Å². The molecule has 0 bridgehead atoms. The summed E-state index contributed by atoms with van der Waals surface area (Å²) in [6, 6.07) is 5.25. The number of allylic oxidation sites excluding steroid dienone is 1. The van der Waals surface area contributed by atoms with Gasteiger partial charge in [-0.2, -0.15) is 0 Å². The Morgan fingerprint density at radius 2 is 1.88 bits per heavy atom. The smallest absolute Gasteiger partial charge is 0.375 e. The fourth-order valence-electron chi connectivity index (χ4n) is 2.32. The first-order valence-electron chi connectivity index (χ1n) is 7.50. The first-order valence-corrected chi connectivity index (χ1v) is 7.50. The van der Waals surface area contributed by atoms with Crippen molar-refractivity contribution in [3.63, 3.8) is 0 Å². The number of hydrogen-bond donors (Lipinski definition) is 2. The molecular formula is C16H19N3O7. The minimum atomic E-state index is -1.63. The number of nitro benzene ring substituents is 1. The van der Waals surface area contributed by atoms with Crippen LogP contribution >= 0.6 is 0 Å². The number of ether oxygens (including phenoxy) is 2. The van der Waals surface area contributed by atoms with E-state index >= 15 is 0 Å². The van der Waals surface area contributed by atoms with Gasteiger partial charge in [-0.1, -0.05) is 18.2 Å². The van der Waals surface area contributed by atoms with Gasteiger partial charge >= 0.3 is 11.9 Å². The monoisotopic (exact) mass is 365 g/mol. The number of Topliss-reactive ketones (excluding diaryl/α,β-unsaturated/α-hetero) is 1. The number of nitrogens with two attached hydrogens (primary N) is 1. The van der Waals surface area contributed by atoms with Crippen LogP contribution in [0.25, 0.3) is 0 Å². The second kappa shape index (κ2) is 9.28. The maximum Gasteiger partial charge on any atom is 0.375 e. The lowest BCUT2D eigenvalue weighted by atomic mass is 9.85. The number of hydrazine groups is 1. The Morgan fingerprint density at radius 1 is 1.27 bits per heavy atom. The van der Waals surface area contributed by atoms with E-state index in [1.54, 1.807) is 0 Å². The molecule has 0 aliphatic heterocycles. The van der Waals surface area contributed by atoms with Gasteiger partial charge in [-0.25, -0.2) is 9.59 Å². The van der Waals surface area contributed by atoms with Gasteiger partial charge < -0.3 is 14.9 Å². The first kappa shape index (κ1) is 20.8. The summed E-state index contributed by atoms with van der Waals surface area (Å²) in [5.74, 6) is 0.350. The van der Waals surface area contributed by atoms with Crippen LogP contribution in [0.2, 0.25) is 0 Å². The molecule has 1 rings (SSSR count). The van der Waals surface area contributed by atoms with E-state index in [0.29, 0.717) is 0 Å². The highest BCUT2D eigenvalue weighted by atomic mass is 16.6. The van der Waals surface area contributed by atoms with Gasteiger partial charge in [0.1, 0.15) is 0 Å². The van der Waals surface area contributed by atoms with Gasteiger partial charge in [0.15, 0.2) is 0 Å². The normalized spacial score (nSPS) is 12.5. The average Bonchev–Trinajstić information content (AvgIpc) is 2.64. The third kappa shape index (κ3) is 4.42. The summed E-state index contributed by atoms with van der Waals surface area (Å²) in [4.78, 5) is 47.6. The number of carbonyl (C=O) groups is 3. The second-order valence-corrected chi connectivity index (χ2v) is 5.01. The zero-order valence-corrected chi connectivity index (χ0v) is 14.5. The van der Waals surface area contributed by atoms with Crippen molar-refractivity contribution in [2.45, 2.75) is 19.8 Å². The molecule has 140 valence electrons. The fourth-order valence-corrected chi connectivity index (χ4v) is 2.32. The number of hydrogen-bond acceptors (Lipinski definition) is 9. The Hall–Kier alpha value is -3.27. The molecule has 26 heavy (non-hydrogen) atoms. The van der Waals surface area contributed by atoms with E-state index in [2.05, 4.69) is 10.2 Å². The Balaban J connectivity index is 3.74. The van der Waals surface area contributed by atoms with Gasteiger partial charge in [0.2, 0.25) is 0 Å². The van der Waals surface area contributed by atoms with Crippen LogP contribution in [0.1, 0.15) is 25.3 Å². The van der Waals surface area contributed by atoms with Crippen molar-refractivity contribution in [2.24, 2.45) is 5.84 Å². The molecule has 0 amide bonds. The highest BCUT2D eigenvalue weighted by molar-refractivity contribution is 6.37. The largest absolute Gasteiger partial charge is 0.466 e. The van der Waals surface area contributed by atoms with E-state index in [1.165, 1.54) is 32.0 Å². The molecule has 0 fully saturated rings. The van der Waals surface area contributed by atoms with Crippen molar-refractivity contribution in [1.29, 1.82) is 0 Å². The molecule has 0 saturated heterocycles. The molecule has 0 radical (unpaired) electrons. The molecule has 3 N–H and O–H groups in total. The lowest BCUT2D eigenvalue weighted by molar-refractivity contribution is -0.385. The second-order valence-electron chi connectivity index (χ2n) is 5.01. The maximum absolute atomic E-state index is 12.7. The van der Waals surface area contributed by atoms with Crippen LogP contribution in [0.15, 0.2) is 35.5 Å². The van der Waals surface area contributed by atoms with Gasteiger partial charge in [-0.15, -0.1) is 0 Å². The van der Waals surface area contributed by atoms with Crippen molar-refractivity contribution < 1.29 is 28.8 Å². The summed E-state index contributed by atoms with van der Waals surface area (Å²) >= 11 is 0. The summed E-state index contributed by atoms with van der Waals surface area (Å²) in [5, 5.41) is 11.4. The molecule has 1 atom stereocenters. The molecule has 0 saturated carbocycles. The lowest BCUT2D eigenvalue weighted by Crippen LogP contribution is -2.33. The molecule has 10 heteroatoms. The Kier molecular flexibility index (Phi) is 7.41. The van der Waals surface area contributed by atoms with Crippen molar-refractivity contribution in [3.05, 3.63) is 51.2 Å². The third-order valence-corrected chi connectivity index (χ3v) is 3.50. The van der Waals surface area contributed by atoms with Crippen molar-refractivity contribution >= 4 is 23.4 Å². The topological polar surface area (TPSA) is 151 Å². The van der Waals surface area contributed by atoms with Crippen LogP contribution in [0.4, 0.5) is 5.69 Å². The zero-order chi connectivity index (χ0) is 19.9. The number of nitrogens with zero attached hydrogens (tertiary/aromatic N) is 1. The van der Waals surface area contributed by atoms with Gasteiger partial charge in [-0.3, -0.25) is 20.8 Å². The summed E-state index contributed by atoms with van der Waals surface area (Å²) in [5.41, 5.74) is 1.29. The Labute approximate surface area is 149 Å².